The van der Waals surface area contributed by atoms with Crippen molar-refractivity contribution in [1.29, 1.82) is 0 Å². The van der Waals surface area contributed by atoms with E-state index in [9.17, 15) is 43.2 Å². The van der Waals surface area contributed by atoms with Crippen molar-refractivity contribution >= 4 is 39.5 Å². The van der Waals surface area contributed by atoms with Crippen LogP contribution in [0.4, 0.5) is 0 Å². The van der Waals surface area contributed by atoms with Crippen molar-refractivity contribution in [2.75, 3.05) is 39.6 Å². The van der Waals surface area contributed by atoms with E-state index in [1.54, 1.807) is 0 Å². The SMILES string of the molecule is CCCCCCCCCCCC(=O)OC[C@H](COP(=O)(O)OC[C@H](O)COP(=O)(O)OC[C@@H](COC(=O)CCCCCCCCCCCCCCCCC(C)C)OC(=O)CCCCCCCCCCCCCCCCCCC(C)C)OC(=O)CCCCCCCCCC(C)C. The Kier molecular flexibility index (Phi) is 65.2. The van der Waals surface area contributed by atoms with Crippen LogP contribution in [0.3, 0.4) is 0 Å². The number of hydrogen-bond acceptors (Lipinski definition) is 15. The van der Waals surface area contributed by atoms with Gasteiger partial charge in [-0.05, 0) is 43.4 Å². The van der Waals surface area contributed by atoms with E-state index >= 15 is 0 Å². The number of aliphatic hydroxyl groups is 1. The van der Waals surface area contributed by atoms with Gasteiger partial charge in [-0.3, -0.25) is 37.3 Å². The Hall–Kier alpha value is -1.94. The van der Waals surface area contributed by atoms with Crippen molar-refractivity contribution in [3.63, 3.8) is 0 Å². The first-order chi connectivity index (χ1) is 45.7. The minimum absolute atomic E-state index is 0.103. The molecule has 0 aromatic rings. The zero-order valence-electron chi connectivity index (χ0n) is 62.1. The molecule has 95 heavy (non-hydrogen) atoms. The second-order valence-corrected chi connectivity index (χ2v) is 31.7. The number of hydrogen-bond donors (Lipinski definition) is 3. The molecule has 0 aromatic carbocycles. The molecule has 0 bridgehead atoms. The quantitative estimate of drug-likeness (QED) is 0.0222. The van der Waals surface area contributed by atoms with Crippen LogP contribution < -0.4 is 0 Å². The van der Waals surface area contributed by atoms with Crippen molar-refractivity contribution in [2.24, 2.45) is 17.8 Å². The molecule has 0 radical (unpaired) electrons. The fourth-order valence-electron chi connectivity index (χ4n) is 11.6. The van der Waals surface area contributed by atoms with Gasteiger partial charge in [-0.2, -0.15) is 0 Å². The number of carbonyl (C=O) groups is 4. The van der Waals surface area contributed by atoms with E-state index in [-0.39, 0.29) is 25.7 Å². The molecule has 0 aromatic heterocycles. The first-order valence-electron chi connectivity index (χ1n) is 39.3. The summed E-state index contributed by atoms with van der Waals surface area (Å²) in [5.74, 6) is 0.183. The molecule has 0 aliphatic heterocycles. The molecule has 0 saturated heterocycles. The van der Waals surface area contributed by atoms with E-state index in [2.05, 4.69) is 48.5 Å². The molecule has 19 heteroatoms. The van der Waals surface area contributed by atoms with Gasteiger partial charge in [-0.1, -0.05) is 337 Å². The van der Waals surface area contributed by atoms with Gasteiger partial charge in [0, 0.05) is 25.7 Å². The summed E-state index contributed by atoms with van der Waals surface area (Å²) in [7, 11) is -9.91. The Bertz CT molecular complexity index is 1850. The maximum absolute atomic E-state index is 13.1. The second kappa shape index (κ2) is 66.6. The van der Waals surface area contributed by atoms with Crippen LogP contribution in [0.2, 0.25) is 0 Å². The summed E-state index contributed by atoms with van der Waals surface area (Å²) in [6.07, 6.45) is 52.9. The maximum Gasteiger partial charge on any atom is 0.472 e. The summed E-state index contributed by atoms with van der Waals surface area (Å²) < 4.78 is 68.4. The minimum Gasteiger partial charge on any atom is -0.462 e. The van der Waals surface area contributed by atoms with Gasteiger partial charge >= 0.3 is 39.5 Å². The normalized spacial score (nSPS) is 14.1. The van der Waals surface area contributed by atoms with E-state index < -0.39 is 97.5 Å². The Balaban J connectivity index is 5.20. The molecule has 0 saturated carbocycles. The average molecular weight is 1400 g/mol. The largest absolute Gasteiger partial charge is 0.472 e. The molecule has 0 heterocycles. The van der Waals surface area contributed by atoms with Gasteiger partial charge in [0.1, 0.15) is 19.3 Å². The molecule has 17 nitrogen and oxygen atoms in total. The third-order valence-electron chi connectivity index (χ3n) is 17.6. The average Bonchev–Trinajstić information content (AvgIpc) is 1.50. The summed E-state index contributed by atoms with van der Waals surface area (Å²) in [6.45, 7) is 11.9. The minimum atomic E-state index is -4.96. The topological polar surface area (TPSA) is 237 Å². The highest BCUT2D eigenvalue weighted by molar-refractivity contribution is 7.47. The molecular formula is C76H148O17P2. The Morgan fingerprint density at radius 2 is 0.484 bits per heavy atom. The van der Waals surface area contributed by atoms with Crippen LogP contribution in [0.1, 0.15) is 389 Å². The predicted molar refractivity (Wildman–Crippen MR) is 386 cm³/mol. The number of carbonyl (C=O) groups excluding carboxylic acids is 4. The van der Waals surface area contributed by atoms with Crippen LogP contribution >= 0.6 is 15.6 Å². The number of rotatable bonds is 74. The van der Waals surface area contributed by atoms with Crippen molar-refractivity contribution in [1.82, 2.24) is 0 Å². The van der Waals surface area contributed by atoms with E-state index in [0.717, 1.165) is 102 Å². The summed E-state index contributed by atoms with van der Waals surface area (Å²) in [6, 6.07) is 0. The highest BCUT2D eigenvalue weighted by Gasteiger charge is 2.30. The lowest BCUT2D eigenvalue weighted by atomic mass is 10.0. The Morgan fingerprint density at radius 1 is 0.284 bits per heavy atom. The number of aliphatic hydroxyl groups excluding tert-OH is 1. The van der Waals surface area contributed by atoms with Gasteiger partial charge < -0.3 is 33.8 Å². The fraction of sp³-hybridized carbons (Fsp3) is 0.947. The van der Waals surface area contributed by atoms with Crippen LogP contribution in [0, 0.1) is 17.8 Å². The molecule has 3 N–H and O–H groups in total. The zero-order valence-corrected chi connectivity index (χ0v) is 63.9. The van der Waals surface area contributed by atoms with Crippen molar-refractivity contribution in [3.8, 4) is 0 Å². The predicted octanol–water partition coefficient (Wildman–Crippen LogP) is 22.2. The van der Waals surface area contributed by atoms with Gasteiger partial charge in [0.15, 0.2) is 12.2 Å². The maximum atomic E-state index is 13.1. The van der Waals surface area contributed by atoms with Gasteiger partial charge in [0.25, 0.3) is 0 Å². The molecule has 5 atom stereocenters. The summed E-state index contributed by atoms with van der Waals surface area (Å²) in [4.78, 5) is 72.7. The smallest absolute Gasteiger partial charge is 0.462 e. The number of phosphoric ester groups is 2. The highest BCUT2D eigenvalue weighted by atomic mass is 31.2. The van der Waals surface area contributed by atoms with Gasteiger partial charge in [-0.25, -0.2) is 9.13 Å². The van der Waals surface area contributed by atoms with Crippen molar-refractivity contribution in [3.05, 3.63) is 0 Å². The van der Waals surface area contributed by atoms with E-state index in [1.807, 2.05) is 0 Å². The number of esters is 4. The lowest BCUT2D eigenvalue weighted by Crippen LogP contribution is -2.30. The number of unbranched alkanes of at least 4 members (excludes halogenated alkanes) is 42. The summed E-state index contributed by atoms with van der Waals surface area (Å²) in [5.41, 5.74) is 0. The molecule has 0 amide bonds. The van der Waals surface area contributed by atoms with Crippen LogP contribution in [-0.4, -0.2) is 96.7 Å². The van der Waals surface area contributed by atoms with E-state index in [1.165, 1.54) is 199 Å². The number of ether oxygens (including phenoxy) is 4. The Morgan fingerprint density at radius 3 is 0.716 bits per heavy atom. The van der Waals surface area contributed by atoms with Crippen LogP contribution in [-0.2, 0) is 65.4 Å². The van der Waals surface area contributed by atoms with Gasteiger partial charge in [0.05, 0.1) is 26.4 Å². The third kappa shape index (κ3) is 70.3. The van der Waals surface area contributed by atoms with Gasteiger partial charge in [0.2, 0.25) is 0 Å². The monoisotopic (exact) mass is 1400 g/mol. The molecular weight excluding hydrogens is 1250 g/mol. The fourth-order valence-corrected chi connectivity index (χ4v) is 13.2. The van der Waals surface area contributed by atoms with E-state index in [0.29, 0.717) is 31.6 Å². The van der Waals surface area contributed by atoms with E-state index in [4.69, 9.17) is 37.0 Å². The van der Waals surface area contributed by atoms with Crippen molar-refractivity contribution in [2.45, 2.75) is 407 Å². The molecule has 0 rings (SSSR count). The molecule has 0 spiro atoms. The standard InChI is InChI=1S/C76H148O17P2/c1-8-9-10-11-12-27-36-43-50-57-73(78)86-64-72(93-76(81)60-53-46-39-32-35-42-49-56-69(6)7)66-91-95(84,85)89-62-70(77)61-88-94(82,83)90-65-71(63-87-74(79)58-51-44-37-30-25-21-18-17-20-24-29-34-41-48-55-68(4)5)92-75(80)59-52-45-38-31-26-22-16-14-13-15-19-23-28-33-40-47-54-67(2)3/h67-72,77H,8-66H2,1-7H3,(H,82,83)(H,84,85)/t70-,71-,72-/m1/s1. The number of phosphoric acid groups is 2. The second-order valence-electron chi connectivity index (χ2n) is 28.8. The molecule has 564 valence electrons. The first kappa shape index (κ1) is 93.1. The lowest BCUT2D eigenvalue weighted by Gasteiger charge is -2.21. The van der Waals surface area contributed by atoms with Crippen LogP contribution in [0.15, 0.2) is 0 Å². The third-order valence-corrected chi connectivity index (χ3v) is 19.5. The van der Waals surface area contributed by atoms with Gasteiger partial charge in [-0.15, -0.1) is 0 Å². The van der Waals surface area contributed by atoms with Crippen LogP contribution in [0.25, 0.3) is 0 Å². The highest BCUT2D eigenvalue weighted by Crippen LogP contribution is 2.45. The van der Waals surface area contributed by atoms with Crippen LogP contribution in [0.5, 0.6) is 0 Å². The molecule has 0 fully saturated rings. The molecule has 0 aliphatic carbocycles. The first-order valence-corrected chi connectivity index (χ1v) is 42.3. The van der Waals surface area contributed by atoms with Crippen molar-refractivity contribution < 1.29 is 80.2 Å². The zero-order chi connectivity index (χ0) is 70.1. The lowest BCUT2D eigenvalue weighted by molar-refractivity contribution is -0.161. The Labute approximate surface area is 581 Å². The molecule has 2 unspecified atom stereocenters. The summed E-state index contributed by atoms with van der Waals surface area (Å²) in [5, 5.41) is 10.6. The molecule has 0 aliphatic rings. The summed E-state index contributed by atoms with van der Waals surface area (Å²) >= 11 is 0.